The lowest BCUT2D eigenvalue weighted by molar-refractivity contribution is 0.158. The lowest BCUT2D eigenvalue weighted by atomic mass is 9.70. The summed E-state index contributed by atoms with van der Waals surface area (Å²) in [6.07, 6.45) is 6.99. The van der Waals surface area contributed by atoms with Crippen LogP contribution in [0.3, 0.4) is 0 Å². The van der Waals surface area contributed by atoms with Crippen molar-refractivity contribution in [1.82, 2.24) is 15.1 Å². The highest BCUT2D eigenvalue weighted by atomic mass is 16.5. The van der Waals surface area contributed by atoms with Crippen molar-refractivity contribution >= 4 is 0 Å². The fraction of sp³-hybridized carbons (Fsp3) is 0.812. The first kappa shape index (κ1) is 15.4. The van der Waals surface area contributed by atoms with E-state index in [-0.39, 0.29) is 0 Å². The van der Waals surface area contributed by atoms with E-state index >= 15 is 0 Å². The van der Waals surface area contributed by atoms with Gasteiger partial charge in [0.25, 0.3) is 0 Å². The van der Waals surface area contributed by atoms with Crippen molar-refractivity contribution in [3.63, 3.8) is 0 Å². The lowest BCUT2D eigenvalue weighted by Crippen LogP contribution is -2.34. The zero-order chi connectivity index (χ0) is 14.8. The number of hydrogen-bond acceptors (Lipinski definition) is 3. The molecule has 0 saturated heterocycles. The van der Waals surface area contributed by atoms with Crippen LogP contribution in [0.5, 0.6) is 5.75 Å². The number of rotatable bonds is 5. The van der Waals surface area contributed by atoms with Crippen molar-refractivity contribution in [2.24, 2.45) is 18.4 Å². The summed E-state index contributed by atoms with van der Waals surface area (Å²) in [5.41, 5.74) is 1.70. The van der Waals surface area contributed by atoms with Gasteiger partial charge in [-0.25, -0.2) is 0 Å². The van der Waals surface area contributed by atoms with Crippen LogP contribution in [0, 0.1) is 11.3 Å². The average molecular weight is 279 g/mol. The van der Waals surface area contributed by atoms with E-state index in [1.807, 2.05) is 17.9 Å². The van der Waals surface area contributed by atoms with E-state index in [1.54, 1.807) is 7.11 Å². The molecule has 0 spiro atoms. The highest BCUT2D eigenvalue weighted by molar-refractivity contribution is 5.29. The van der Waals surface area contributed by atoms with Gasteiger partial charge in [-0.05, 0) is 43.6 Å². The first-order valence-electron chi connectivity index (χ1n) is 7.78. The number of aromatic nitrogens is 2. The Balaban J connectivity index is 2.21. The molecule has 1 aliphatic rings. The number of ether oxygens (including phenoxy) is 1. The van der Waals surface area contributed by atoms with Gasteiger partial charge in [0.15, 0.2) is 5.75 Å². The second kappa shape index (κ2) is 6.17. The van der Waals surface area contributed by atoms with Gasteiger partial charge in [0.2, 0.25) is 0 Å². The molecule has 4 heteroatoms. The minimum Gasteiger partial charge on any atom is -0.493 e. The molecule has 1 N–H and O–H groups in total. The summed E-state index contributed by atoms with van der Waals surface area (Å²) >= 11 is 0. The van der Waals surface area contributed by atoms with Crippen molar-refractivity contribution in [2.75, 3.05) is 13.7 Å². The zero-order valence-corrected chi connectivity index (χ0v) is 13.6. The van der Waals surface area contributed by atoms with Gasteiger partial charge in [0.1, 0.15) is 0 Å². The fourth-order valence-corrected chi connectivity index (χ4v) is 3.40. The molecule has 1 fully saturated rings. The van der Waals surface area contributed by atoms with Crippen LogP contribution >= 0.6 is 0 Å². The maximum absolute atomic E-state index is 5.50. The number of nitrogens with one attached hydrogen (secondary N) is 1. The Kier molecular flexibility index (Phi) is 4.74. The second-order valence-electron chi connectivity index (χ2n) is 6.76. The van der Waals surface area contributed by atoms with Crippen LogP contribution in [0.1, 0.15) is 58.2 Å². The van der Waals surface area contributed by atoms with Crippen LogP contribution in [0.25, 0.3) is 0 Å². The van der Waals surface area contributed by atoms with Gasteiger partial charge < -0.3 is 10.1 Å². The molecule has 1 aromatic rings. The van der Waals surface area contributed by atoms with Crippen molar-refractivity contribution in [3.8, 4) is 5.75 Å². The van der Waals surface area contributed by atoms with Gasteiger partial charge in [-0.15, -0.1) is 0 Å². The maximum Gasteiger partial charge on any atom is 0.161 e. The molecule has 1 saturated carbocycles. The maximum atomic E-state index is 5.50. The predicted molar refractivity (Wildman–Crippen MR) is 81.9 cm³/mol. The summed E-state index contributed by atoms with van der Waals surface area (Å²) in [6, 6.07) is 0.346. The largest absolute Gasteiger partial charge is 0.493 e. The third-order valence-corrected chi connectivity index (χ3v) is 4.74. The van der Waals surface area contributed by atoms with Gasteiger partial charge in [0.05, 0.1) is 25.0 Å². The van der Waals surface area contributed by atoms with Gasteiger partial charge in [-0.3, -0.25) is 4.68 Å². The molecule has 1 aliphatic carbocycles. The van der Waals surface area contributed by atoms with E-state index < -0.39 is 0 Å². The van der Waals surface area contributed by atoms with Crippen LogP contribution < -0.4 is 10.1 Å². The minimum atomic E-state index is 0.346. The minimum absolute atomic E-state index is 0.346. The molecule has 1 heterocycles. The quantitative estimate of drug-likeness (QED) is 0.899. The normalized spacial score (nSPS) is 20.9. The van der Waals surface area contributed by atoms with E-state index in [4.69, 9.17) is 4.74 Å². The third-order valence-electron chi connectivity index (χ3n) is 4.74. The molecule has 0 aromatic carbocycles. The Labute approximate surface area is 122 Å². The monoisotopic (exact) mass is 279 g/mol. The molecule has 114 valence electrons. The molecule has 0 radical (unpaired) electrons. The van der Waals surface area contributed by atoms with Crippen molar-refractivity contribution in [2.45, 2.75) is 52.5 Å². The van der Waals surface area contributed by atoms with Crippen LogP contribution in [-0.2, 0) is 7.05 Å². The lowest BCUT2D eigenvalue weighted by Gasteiger charge is -2.38. The van der Waals surface area contributed by atoms with E-state index in [9.17, 15) is 0 Å². The molecule has 1 atom stereocenters. The number of hydrogen-bond donors (Lipinski definition) is 1. The summed E-state index contributed by atoms with van der Waals surface area (Å²) in [6.45, 7) is 7.91. The zero-order valence-electron chi connectivity index (χ0n) is 13.6. The topological polar surface area (TPSA) is 39.1 Å². The highest BCUT2D eigenvalue weighted by Crippen LogP contribution is 2.44. The first-order chi connectivity index (χ1) is 9.48. The summed E-state index contributed by atoms with van der Waals surface area (Å²) in [7, 11) is 3.74. The molecule has 4 nitrogen and oxygen atoms in total. The van der Waals surface area contributed by atoms with Crippen LogP contribution in [0.15, 0.2) is 6.20 Å². The summed E-state index contributed by atoms with van der Waals surface area (Å²) in [5, 5.41) is 8.02. The third kappa shape index (κ3) is 3.17. The van der Waals surface area contributed by atoms with Gasteiger partial charge in [-0.2, -0.15) is 5.10 Å². The number of methoxy groups -OCH3 is 1. The molecule has 1 aromatic heterocycles. The predicted octanol–water partition coefficient (Wildman–Crippen LogP) is 3.30. The molecular formula is C16H29N3O. The van der Waals surface area contributed by atoms with Crippen LogP contribution in [0.4, 0.5) is 0 Å². The first-order valence-corrected chi connectivity index (χ1v) is 7.78. The number of aryl methyl sites for hydroxylation is 1. The molecule has 1 unspecified atom stereocenters. The molecule has 0 aliphatic heterocycles. The Hall–Kier alpha value is -1.03. The smallest absolute Gasteiger partial charge is 0.161 e. The summed E-state index contributed by atoms with van der Waals surface area (Å²) < 4.78 is 7.47. The Morgan fingerprint density at radius 3 is 2.65 bits per heavy atom. The van der Waals surface area contributed by atoms with Gasteiger partial charge in [-0.1, -0.05) is 20.8 Å². The van der Waals surface area contributed by atoms with Crippen molar-refractivity contribution < 1.29 is 4.74 Å². The molecular weight excluding hydrogens is 250 g/mol. The van der Waals surface area contributed by atoms with Crippen LogP contribution in [-0.4, -0.2) is 23.4 Å². The Bertz CT molecular complexity index is 429. The van der Waals surface area contributed by atoms with E-state index in [1.165, 1.54) is 31.4 Å². The van der Waals surface area contributed by atoms with E-state index in [0.29, 0.717) is 17.4 Å². The molecule has 2 rings (SSSR count). The van der Waals surface area contributed by atoms with Crippen molar-refractivity contribution in [1.29, 1.82) is 0 Å². The Morgan fingerprint density at radius 2 is 2.10 bits per heavy atom. The highest BCUT2D eigenvalue weighted by Gasteiger charge is 2.34. The molecule has 0 amide bonds. The molecule has 0 bridgehead atoms. The Morgan fingerprint density at radius 1 is 1.45 bits per heavy atom. The van der Waals surface area contributed by atoms with E-state index in [2.05, 4.69) is 31.2 Å². The van der Waals surface area contributed by atoms with Gasteiger partial charge in [0, 0.05) is 7.05 Å². The summed E-state index contributed by atoms with van der Waals surface area (Å²) in [4.78, 5) is 0. The van der Waals surface area contributed by atoms with Gasteiger partial charge >= 0.3 is 0 Å². The number of nitrogens with zero attached hydrogens (tertiary/aromatic N) is 2. The van der Waals surface area contributed by atoms with Crippen LogP contribution in [0.2, 0.25) is 0 Å². The van der Waals surface area contributed by atoms with E-state index in [0.717, 1.165) is 12.3 Å². The standard InChI is InChI=1S/C16H29N3O/c1-6-17-14(12-7-9-16(2,3)10-8-12)15-13(20-5)11-18-19(15)4/h11-12,14,17H,6-10H2,1-5H3. The average Bonchev–Trinajstić information content (AvgIpc) is 2.77. The SMILES string of the molecule is CCNC(c1c(OC)cnn1C)C1CCC(C)(C)CC1. The fourth-order valence-electron chi connectivity index (χ4n) is 3.40. The molecule has 20 heavy (non-hydrogen) atoms. The second-order valence-corrected chi connectivity index (χ2v) is 6.76. The summed E-state index contributed by atoms with van der Waals surface area (Å²) in [5.74, 6) is 1.58. The van der Waals surface area contributed by atoms with Crippen molar-refractivity contribution in [3.05, 3.63) is 11.9 Å².